The molecule has 1 nitrogen and oxygen atoms in total. The van der Waals surface area contributed by atoms with Crippen LogP contribution in [0.3, 0.4) is 0 Å². The highest BCUT2D eigenvalue weighted by atomic mass is 32.2. The van der Waals surface area contributed by atoms with E-state index in [1.54, 1.807) is 11.1 Å². The van der Waals surface area contributed by atoms with Crippen LogP contribution in [0.15, 0.2) is 113 Å². The van der Waals surface area contributed by atoms with Gasteiger partial charge in [-0.25, -0.2) is 0 Å². The molecule has 4 fully saturated rings. The lowest BCUT2D eigenvalue weighted by atomic mass is 9.42. The minimum atomic E-state index is 0.0303. The maximum atomic E-state index is 2.80. The normalized spacial score (nSPS) is 28.6. The van der Waals surface area contributed by atoms with Crippen molar-refractivity contribution in [2.75, 3.05) is 4.90 Å². The van der Waals surface area contributed by atoms with E-state index in [0.717, 1.165) is 11.8 Å². The maximum absolute atomic E-state index is 2.80. The van der Waals surface area contributed by atoms with E-state index in [1.807, 2.05) is 0 Å². The second-order valence-electron chi connectivity index (χ2n) is 22.3. The second-order valence-corrected chi connectivity index (χ2v) is 23.4. The molecular weight excluding hydrogens is 719 g/mol. The molecule has 0 saturated heterocycles. The van der Waals surface area contributed by atoms with Crippen LogP contribution < -0.4 is 4.90 Å². The van der Waals surface area contributed by atoms with Crippen LogP contribution in [0.5, 0.6) is 0 Å². The van der Waals surface area contributed by atoms with Gasteiger partial charge in [-0.2, -0.15) is 0 Å². The van der Waals surface area contributed by atoms with Gasteiger partial charge in [0, 0.05) is 20.8 Å². The van der Waals surface area contributed by atoms with E-state index in [1.165, 1.54) is 118 Å². The van der Waals surface area contributed by atoms with Gasteiger partial charge in [-0.1, -0.05) is 140 Å². The summed E-state index contributed by atoms with van der Waals surface area (Å²) in [5, 5.41) is 0. The maximum Gasteiger partial charge on any atom is 0.0551 e. The molecule has 298 valence electrons. The fraction of sp³-hybridized carbons (Fsp3) is 0.464. The van der Waals surface area contributed by atoms with Crippen LogP contribution in [0.1, 0.15) is 147 Å². The third kappa shape index (κ3) is 5.28. The Morgan fingerprint density at radius 3 is 1.52 bits per heavy atom. The number of hydrogen-bond acceptors (Lipinski definition) is 2. The number of fused-ring (bicyclic) bond motifs is 4. The number of rotatable bonds is 4. The topological polar surface area (TPSA) is 3.24 Å². The molecule has 4 bridgehead atoms. The molecule has 5 aromatic carbocycles. The van der Waals surface area contributed by atoms with Crippen molar-refractivity contribution in [3.8, 4) is 11.1 Å². The molecule has 2 heteroatoms. The van der Waals surface area contributed by atoms with Crippen molar-refractivity contribution in [3.63, 3.8) is 0 Å². The van der Waals surface area contributed by atoms with E-state index < -0.39 is 0 Å². The molecular formula is C56H63NS. The van der Waals surface area contributed by atoms with Crippen LogP contribution in [0.25, 0.3) is 11.1 Å². The average Bonchev–Trinajstić information content (AvgIpc) is 3.20. The van der Waals surface area contributed by atoms with Crippen molar-refractivity contribution in [1.82, 2.24) is 0 Å². The SMILES string of the molecule is CC1(C)CCC(C)(C)c2c(N(c3cc4c(cc3-c3ccccc3)C3(c5ccccc5S4)C4CC5CC(C4)CC3C5)c3cccc4c3C(C)(C)CCC4(C)C)cccc21. The van der Waals surface area contributed by atoms with Gasteiger partial charge in [-0.15, -0.1) is 0 Å². The number of anilines is 3. The largest absolute Gasteiger partial charge is 0.309 e. The summed E-state index contributed by atoms with van der Waals surface area (Å²) in [6.07, 6.45) is 11.8. The average molecular weight is 782 g/mol. The van der Waals surface area contributed by atoms with Gasteiger partial charge in [0.1, 0.15) is 0 Å². The third-order valence-electron chi connectivity index (χ3n) is 17.0. The summed E-state index contributed by atoms with van der Waals surface area (Å²) in [5.74, 6) is 3.25. The summed E-state index contributed by atoms with van der Waals surface area (Å²) in [7, 11) is 0. The van der Waals surface area contributed by atoms with Crippen LogP contribution in [0, 0.1) is 23.7 Å². The summed E-state index contributed by atoms with van der Waals surface area (Å²) in [5.41, 5.74) is 16.5. The Morgan fingerprint density at radius 1 is 0.448 bits per heavy atom. The van der Waals surface area contributed by atoms with E-state index in [2.05, 4.69) is 175 Å². The van der Waals surface area contributed by atoms with Gasteiger partial charge in [0.2, 0.25) is 0 Å². The Bertz CT molecular complexity index is 2350. The van der Waals surface area contributed by atoms with Gasteiger partial charge in [-0.05, 0) is 172 Å². The van der Waals surface area contributed by atoms with Gasteiger partial charge in [0.15, 0.2) is 0 Å². The molecule has 4 saturated carbocycles. The van der Waals surface area contributed by atoms with Gasteiger partial charge in [0.25, 0.3) is 0 Å². The summed E-state index contributed by atoms with van der Waals surface area (Å²) in [6.45, 7) is 20.0. The van der Waals surface area contributed by atoms with E-state index in [-0.39, 0.29) is 27.1 Å². The minimum Gasteiger partial charge on any atom is -0.309 e. The molecule has 0 amide bonds. The lowest BCUT2D eigenvalue weighted by Gasteiger charge is -2.63. The molecule has 1 aliphatic heterocycles. The van der Waals surface area contributed by atoms with Crippen molar-refractivity contribution in [2.24, 2.45) is 23.7 Å². The van der Waals surface area contributed by atoms with E-state index in [0.29, 0.717) is 11.8 Å². The van der Waals surface area contributed by atoms with Crippen LogP contribution in [0.2, 0.25) is 0 Å². The Hall–Kier alpha value is -3.75. The quantitative estimate of drug-likeness (QED) is 0.179. The van der Waals surface area contributed by atoms with Gasteiger partial charge < -0.3 is 4.90 Å². The Balaban J connectivity index is 1.26. The Kier molecular flexibility index (Phi) is 8.12. The van der Waals surface area contributed by atoms with Crippen molar-refractivity contribution in [2.45, 2.75) is 150 Å². The molecule has 7 aliphatic rings. The Labute approximate surface area is 353 Å². The molecule has 1 heterocycles. The number of nitrogens with zero attached hydrogens (tertiary/aromatic N) is 1. The number of benzene rings is 5. The van der Waals surface area contributed by atoms with Gasteiger partial charge >= 0.3 is 0 Å². The van der Waals surface area contributed by atoms with Crippen molar-refractivity contribution < 1.29 is 0 Å². The zero-order chi connectivity index (χ0) is 40.0. The van der Waals surface area contributed by atoms with Crippen molar-refractivity contribution >= 4 is 28.8 Å². The standard InChI is InChI=1S/C56H63NS/c1-52(2)24-26-54(5,6)50-42(52)19-14-21-45(50)57(46-22-15-20-43-51(46)55(7,8)27-25-53(43,3)4)47-34-49-44(33-40(47)37-16-10-9-11-17-37)56(41-18-12-13-23-48(41)58-49)38-29-35-28-36(31-38)32-39(56)30-35/h9-23,33-36,38-39H,24-32H2,1-8H3. The fourth-order valence-corrected chi connectivity index (χ4v) is 15.4. The second kappa shape index (κ2) is 12.6. The lowest BCUT2D eigenvalue weighted by molar-refractivity contribution is -0.0443. The predicted molar refractivity (Wildman–Crippen MR) is 246 cm³/mol. The summed E-state index contributed by atoms with van der Waals surface area (Å²) >= 11 is 2.06. The zero-order valence-electron chi connectivity index (χ0n) is 36.3. The smallest absolute Gasteiger partial charge is 0.0551 e. The molecule has 1 spiro atoms. The van der Waals surface area contributed by atoms with Gasteiger partial charge in [0.05, 0.1) is 17.1 Å². The molecule has 0 aromatic heterocycles. The van der Waals surface area contributed by atoms with E-state index >= 15 is 0 Å². The molecule has 0 unspecified atom stereocenters. The van der Waals surface area contributed by atoms with E-state index in [9.17, 15) is 0 Å². The van der Waals surface area contributed by atoms with Crippen molar-refractivity contribution in [1.29, 1.82) is 0 Å². The highest BCUT2D eigenvalue weighted by Gasteiger charge is 2.61. The highest BCUT2D eigenvalue weighted by Crippen LogP contribution is 2.70. The van der Waals surface area contributed by atoms with Crippen LogP contribution in [0.4, 0.5) is 17.1 Å². The zero-order valence-corrected chi connectivity index (χ0v) is 37.2. The molecule has 0 N–H and O–H groups in total. The summed E-state index contributed by atoms with van der Waals surface area (Å²) in [4.78, 5) is 5.78. The molecule has 0 radical (unpaired) electrons. The van der Waals surface area contributed by atoms with Crippen LogP contribution in [-0.4, -0.2) is 0 Å². The summed E-state index contributed by atoms with van der Waals surface area (Å²) in [6, 6.07) is 41.2. The molecule has 12 rings (SSSR count). The third-order valence-corrected chi connectivity index (χ3v) is 18.1. The molecule has 58 heavy (non-hydrogen) atoms. The molecule has 5 aromatic rings. The first-order chi connectivity index (χ1) is 27.7. The predicted octanol–water partition coefficient (Wildman–Crippen LogP) is 15.7. The molecule has 6 aliphatic carbocycles. The van der Waals surface area contributed by atoms with Crippen molar-refractivity contribution in [3.05, 3.63) is 137 Å². The lowest BCUT2D eigenvalue weighted by Crippen LogP contribution is -2.57. The first-order valence-electron chi connectivity index (χ1n) is 22.8. The number of hydrogen-bond donors (Lipinski definition) is 0. The minimum absolute atomic E-state index is 0.0303. The molecule has 0 atom stereocenters. The van der Waals surface area contributed by atoms with Crippen LogP contribution >= 0.6 is 11.8 Å². The monoisotopic (exact) mass is 781 g/mol. The highest BCUT2D eigenvalue weighted by molar-refractivity contribution is 7.99. The fourth-order valence-electron chi connectivity index (χ4n) is 14.1. The van der Waals surface area contributed by atoms with E-state index in [4.69, 9.17) is 0 Å². The Morgan fingerprint density at radius 2 is 0.948 bits per heavy atom. The van der Waals surface area contributed by atoms with Crippen LogP contribution in [-0.2, 0) is 27.1 Å². The first kappa shape index (κ1) is 37.3. The first-order valence-corrected chi connectivity index (χ1v) is 23.6. The summed E-state index contributed by atoms with van der Waals surface area (Å²) < 4.78 is 0. The van der Waals surface area contributed by atoms with Gasteiger partial charge in [-0.3, -0.25) is 0 Å².